The highest BCUT2D eigenvalue weighted by atomic mass is 31.2. The normalized spacial score (nSPS) is 19.0. The number of unbranched alkanes of at least 4 members (excludes halogenated alkanes) is 28. The molecule has 15 nitrogen and oxygen atoms in total. The van der Waals surface area contributed by atoms with Gasteiger partial charge in [-0.25, -0.2) is 4.57 Å². The summed E-state index contributed by atoms with van der Waals surface area (Å²) in [5, 5.41) is 34.3. The highest BCUT2D eigenvalue weighted by molar-refractivity contribution is 7.48. The topological polar surface area (TPSA) is 195 Å². The summed E-state index contributed by atoms with van der Waals surface area (Å²) in [6, 6.07) is 27.5. The largest absolute Gasteiger partial charge is 0.475 e. The third-order valence-electron chi connectivity index (χ3n) is 15.5. The van der Waals surface area contributed by atoms with Gasteiger partial charge < -0.3 is 43.7 Å². The first kappa shape index (κ1) is 72.9. The predicted molar refractivity (Wildman–Crippen MR) is 330 cm³/mol. The standard InChI is InChI=1S/C68H109O15P/c1-3-5-7-9-11-13-15-17-19-21-23-25-27-29-40-48-61(69)77-53-60(82-62(70)49-41-30-28-26-24-22-20-18-16-14-12-10-8-6-4-2)54-81-84(74,80-52-59-46-38-33-39-47-59)83-68-66(78-55-75-50-57-42-34-31-35-43-57)64(72)63(71)65(73)67(68)79-56-76-51-58-44-36-32-37-45-58/h31-39,42-47,60,63-68,71-73H,3-30,40-41,48-56H2,1-2H3/t60-,63?,64-,65+,66-,67-,68?,84?/m1/s1. The minimum absolute atomic E-state index is 0.122. The second-order valence-electron chi connectivity index (χ2n) is 22.9. The number of rotatable bonds is 53. The summed E-state index contributed by atoms with van der Waals surface area (Å²) in [4.78, 5) is 26.8. The van der Waals surface area contributed by atoms with Gasteiger partial charge in [0.15, 0.2) is 6.10 Å². The zero-order chi connectivity index (χ0) is 60.0. The van der Waals surface area contributed by atoms with Gasteiger partial charge in [0.25, 0.3) is 0 Å². The molecule has 3 aromatic rings. The van der Waals surface area contributed by atoms with E-state index < -0.39 is 82.7 Å². The lowest BCUT2D eigenvalue weighted by molar-refractivity contribution is -0.270. The van der Waals surface area contributed by atoms with E-state index in [1.165, 1.54) is 141 Å². The molecule has 0 aromatic heterocycles. The molecule has 0 saturated heterocycles. The van der Waals surface area contributed by atoms with E-state index in [9.17, 15) is 24.9 Å². The van der Waals surface area contributed by atoms with Crippen LogP contribution in [0.3, 0.4) is 0 Å². The summed E-state index contributed by atoms with van der Waals surface area (Å²) in [5.41, 5.74) is 2.30. The first-order valence-corrected chi connectivity index (χ1v) is 34.1. The van der Waals surface area contributed by atoms with Gasteiger partial charge in [-0.3, -0.25) is 23.2 Å². The minimum Gasteiger partial charge on any atom is -0.462 e. The molecule has 0 spiro atoms. The second-order valence-corrected chi connectivity index (χ2v) is 24.5. The molecule has 1 fully saturated rings. The van der Waals surface area contributed by atoms with Crippen molar-refractivity contribution in [2.45, 2.75) is 282 Å². The molecule has 1 saturated carbocycles. The fraction of sp³-hybridized carbons (Fsp3) is 0.706. The molecule has 0 bridgehead atoms. The molecule has 0 radical (unpaired) electrons. The van der Waals surface area contributed by atoms with Crippen LogP contribution < -0.4 is 0 Å². The van der Waals surface area contributed by atoms with Gasteiger partial charge in [-0.05, 0) is 29.5 Å². The van der Waals surface area contributed by atoms with Crippen LogP contribution in [0.2, 0.25) is 0 Å². The number of benzene rings is 3. The lowest BCUT2D eigenvalue weighted by atomic mass is 9.84. The molecule has 3 N–H and O–H groups in total. The Morgan fingerprint density at radius 1 is 0.417 bits per heavy atom. The summed E-state index contributed by atoms with van der Waals surface area (Å²) >= 11 is 0. The van der Waals surface area contributed by atoms with Gasteiger partial charge in [-0.2, -0.15) is 0 Å². The van der Waals surface area contributed by atoms with E-state index in [2.05, 4.69) is 13.8 Å². The maximum atomic E-state index is 15.3. The van der Waals surface area contributed by atoms with Gasteiger partial charge in [-0.15, -0.1) is 0 Å². The average molecular weight is 1200 g/mol. The van der Waals surface area contributed by atoms with Crippen LogP contribution in [0.15, 0.2) is 91.0 Å². The van der Waals surface area contributed by atoms with Crippen LogP contribution >= 0.6 is 7.82 Å². The highest BCUT2D eigenvalue weighted by Crippen LogP contribution is 2.53. The third-order valence-corrected chi connectivity index (χ3v) is 16.9. The van der Waals surface area contributed by atoms with Crippen LogP contribution in [0.1, 0.15) is 236 Å². The fourth-order valence-electron chi connectivity index (χ4n) is 10.4. The number of phosphoric ester groups is 1. The number of carbonyl (C=O) groups is 2. The number of carbonyl (C=O) groups excluding carboxylic acids is 2. The molecule has 3 aromatic carbocycles. The Kier molecular flexibility index (Phi) is 41.2. The molecule has 476 valence electrons. The number of aliphatic hydroxyl groups excluding tert-OH is 3. The third kappa shape index (κ3) is 33.5. The predicted octanol–water partition coefficient (Wildman–Crippen LogP) is 15.9. The number of phosphoric acid groups is 1. The Hall–Kier alpha value is -3.57. The molecule has 16 heteroatoms. The molecule has 0 heterocycles. The van der Waals surface area contributed by atoms with Crippen LogP contribution in [0, 0.1) is 0 Å². The lowest BCUT2D eigenvalue weighted by Crippen LogP contribution is -2.65. The van der Waals surface area contributed by atoms with Crippen LogP contribution in [0.25, 0.3) is 0 Å². The summed E-state index contributed by atoms with van der Waals surface area (Å²) in [6.45, 7) is 2.67. The van der Waals surface area contributed by atoms with Crippen LogP contribution in [-0.2, 0) is 76.0 Å². The van der Waals surface area contributed by atoms with Crippen molar-refractivity contribution in [3.8, 4) is 0 Å². The Bertz CT molecular complexity index is 2020. The Balaban J connectivity index is 1.41. The van der Waals surface area contributed by atoms with E-state index in [1.807, 2.05) is 66.7 Å². The Morgan fingerprint density at radius 3 is 1.14 bits per heavy atom. The zero-order valence-electron chi connectivity index (χ0n) is 51.5. The number of aliphatic hydroxyl groups is 3. The Labute approximate surface area is 505 Å². The molecule has 0 aliphatic heterocycles. The molecule has 1 aliphatic carbocycles. The summed E-state index contributed by atoms with van der Waals surface area (Å²) in [7, 11) is -4.90. The van der Waals surface area contributed by atoms with Crippen molar-refractivity contribution in [2.24, 2.45) is 0 Å². The molecule has 3 unspecified atom stereocenters. The van der Waals surface area contributed by atoms with Crippen LogP contribution in [0.4, 0.5) is 0 Å². The lowest BCUT2D eigenvalue weighted by Gasteiger charge is -2.45. The first-order valence-electron chi connectivity index (χ1n) is 32.6. The maximum absolute atomic E-state index is 15.3. The van der Waals surface area contributed by atoms with Gasteiger partial charge in [0.05, 0.1) is 26.4 Å². The SMILES string of the molecule is CCCCCCCCCCCCCCCCCC(=O)OC[C@H](COP(=O)(OCc1ccccc1)OC1[C@H](OCOCc2ccccc2)[C@H](O)C(O)[C@H](O)[C@H]1OCOCc1ccccc1)OC(=O)CCCCCCCCCCCCCCCCC. The first-order chi connectivity index (χ1) is 41.1. The van der Waals surface area contributed by atoms with E-state index >= 15 is 4.57 Å². The van der Waals surface area contributed by atoms with Crippen molar-refractivity contribution in [1.82, 2.24) is 0 Å². The van der Waals surface area contributed by atoms with Crippen molar-refractivity contribution < 1.29 is 71.5 Å². The van der Waals surface area contributed by atoms with Crippen LogP contribution in [0.5, 0.6) is 0 Å². The van der Waals surface area contributed by atoms with Gasteiger partial charge in [0.1, 0.15) is 56.8 Å². The maximum Gasteiger partial charge on any atom is 0.475 e. The highest BCUT2D eigenvalue weighted by Gasteiger charge is 2.54. The molecule has 84 heavy (non-hydrogen) atoms. The van der Waals surface area contributed by atoms with Crippen molar-refractivity contribution in [2.75, 3.05) is 26.8 Å². The molecule has 8 atom stereocenters. The van der Waals surface area contributed by atoms with E-state index in [0.29, 0.717) is 18.4 Å². The molecule has 4 rings (SSSR count). The van der Waals surface area contributed by atoms with Gasteiger partial charge in [0.2, 0.25) is 0 Å². The van der Waals surface area contributed by atoms with Gasteiger partial charge >= 0.3 is 19.8 Å². The number of esters is 2. The smallest absolute Gasteiger partial charge is 0.462 e. The van der Waals surface area contributed by atoms with E-state index in [4.69, 9.17) is 42.0 Å². The van der Waals surface area contributed by atoms with E-state index in [1.54, 1.807) is 24.3 Å². The molecule has 0 amide bonds. The number of hydrogen-bond donors (Lipinski definition) is 3. The molecular formula is C68H109O15P. The van der Waals surface area contributed by atoms with Gasteiger partial charge in [-0.1, -0.05) is 285 Å². The molecule has 1 aliphatic rings. The monoisotopic (exact) mass is 1200 g/mol. The minimum atomic E-state index is -4.90. The van der Waals surface area contributed by atoms with Crippen LogP contribution in [-0.4, -0.2) is 96.8 Å². The quantitative estimate of drug-likeness (QED) is 0.0209. The summed E-state index contributed by atoms with van der Waals surface area (Å²) in [6.07, 6.45) is 24.8. The Morgan fingerprint density at radius 2 is 0.762 bits per heavy atom. The summed E-state index contributed by atoms with van der Waals surface area (Å²) in [5.74, 6) is -0.987. The van der Waals surface area contributed by atoms with Gasteiger partial charge in [0, 0.05) is 12.8 Å². The van der Waals surface area contributed by atoms with Crippen molar-refractivity contribution in [3.63, 3.8) is 0 Å². The van der Waals surface area contributed by atoms with Crippen molar-refractivity contribution >= 4 is 19.8 Å². The van der Waals surface area contributed by atoms with Crippen molar-refractivity contribution in [1.29, 1.82) is 0 Å². The summed E-state index contributed by atoms with van der Waals surface area (Å²) < 4.78 is 69.0. The molecular weight excluding hydrogens is 1090 g/mol. The van der Waals surface area contributed by atoms with E-state index in [-0.39, 0.29) is 39.3 Å². The zero-order valence-corrected chi connectivity index (χ0v) is 52.4. The van der Waals surface area contributed by atoms with Crippen molar-refractivity contribution in [3.05, 3.63) is 108 Å². The second kappa shape index (κ2) is 47.5. The number of hydrogen-bond acceptors (Lipinski definition) is 15. The number of ether oxygens (including phenoxy) is 6. The average Bonchev–Trinajstić information content (AvgIpc) is 2.15. The van der Waals surface area contributed by atoms with E-state index in [0.717, 1.165) is 49.7 Å². The fourth-order valence-corrected chi connectivity index (χ4v) is 11.8.